The summed E-state index contributed by atoms with van der Waals surface area (Å²) >= 11 is 5.91. The van der Waals surface area contributed by atoms with E-state index >= 15 is 0 Å². The van der Waals surface area contributed by atoms with E-state index in [-0.39, 0.29) is 5.78 Å². The van der Waals surface area contributed by atoms with E-state index in [2.05, 4.69) is 0 Å². The monoisotopic (exact) mass is 287 g/mol. The molecule has 0 N–H and O–H groups in total. The third-order valence-corrected chi connectivity index (χ3v) is 3.44. The third-order valence-electron chi connectivity index (χ3n) is 3.02. The molecule has 20 heavy (non-hydrogen) atoms. The predicted octanol–water partition coefficient (Wildman–Crippen LogP) is 4.28. The first-order valence-corrected chi connectivity index (χ1v) is 6.36. The number of hydrogen-bond donors (Lipinski definition) is 0. The highest BCUT2D eigenvalue weighted by molar-refractivity contribution is 6.31. The van der Waals surface area contributed by atoms with Gasteiger partial charge in [-0.3, -0.25) is 4.79 Å². The average Bonchev–Trinajstić information content (AvgIpc) is 2.42. The molecule has 0 aromatic heterocycles. The van der Waals surface area contributed by atoms with Gasteiger partial charge in [-0.25, -0.2) is 4.39 Å². The van der Waals surface area contributed by atoms with Crippen molar-refractivity contribution in [2.24, 2.45) is 0 Å². The third kappa shape index (κ3) is 2.87. The van der Waals surface area contributed by atoms with Crippen molar-refractivity contribution >= 4 is 17.4 Å². The van der Waals surface area contributed by atoms with Gasteiger partial charge < -0.3 is 0 Å². The van der Waals surface area contributed by atoms with E-state index in [0.717, 1.165) is 5.56 Å². The minimum Gasteiger partial charge on any atom is -0.292 e. The Morgan fingerprint density at radius 1 is 1.30 bits per heavy atom. The Hall–Kier alpha value is -2.18. The molecule has 0 heterocycles. The summed E-state index contributed by atoms with van der Waals surface area (Å²) in [6, 6.07) is 12.3. The van der Waals surface area contributed by atoms with Crippen LogP contribution in [0.15, 0.2) is 42.5 Å². The summed E-state index contributed by atoms with van der Waals surface area (Å²) in [5.41, 5.74) is 1.50. The van der Waals surface area contributed by atoms with Crippen LogP contribution in [0.2, 0.25) is 5.02 Å². The average molecular weight is 288 g/mol. The fourth-order valence-electron chi connectivity index (χ4n) is 1.94. The van der Waals surface area contributed by atoms with Gasteiger partial charge in [0.25, 0.3) is 0 Å². The number of nitriles is 1. The second-order valence-corrected chi connectivity index (χ2v) is 4.85. The van der Waals surface area contributed by atoms with Crippen LogP contribution in [0.4, 0.5) is 4.39 Å². The Morgan fingerprint density at radius 3 is 2.65 bits per heavy atom. The van der Waals surface area contributed by atoms with Crippen molar-refractivity contribution in [3.8, 4) is 6.07 Å². The van der Waals surface area contributed by atoms with Crippen molar-refractivity contribution in [2.75, 3.05) is 0 Å². The minimum atomic E-state index is -1.02. The summed E-state index contributed by atoms with van der Waals surface area (Å²) < 4.78 is 13.2. The SMILES string of the molecule is Cc1cc(C(=O)C(C#N)c2cccc(F)c2)ccc1Cl. The first kappa shape index (κ1) is 14.2. The fourth-order valence-corrected chi connectivity index (χ4v) is 2.05. The number of carbonyl (C=O) groups is 1. The maximum absolute atomic E-state index is 13.2. The largest absolute Gasteiger partial charge is 0.292 e. The summed E-state index contributed by atoms with van der Waals surface area (Å²) in [5, 5.41) is 9.76. The zero-order valence-corrected chi connectivity index (χ0v) is 11.5. The first-order valence-electron chi connectivity index (χ1n) is 5.98. The lowest BCUT2D eigenvalue weighted by molar-refractivity contribution is 0.0978. The van der Waals surface area contributed by atoms with Gasteiger partial charge in [0.2, 0.25) is 0 Å². The molecule has 100 valence electrons. The summed E-state index contributed by atoms with van der Waals surface area (Å²) in [5.74, 6) is -1.85. The van der Waals surface area contributed by atoms with Crippen LogP contribution < -0.4 is 0 Å². The highest BCUT2D eigenvalue weighted by atomic mass is 35.5. The smallest absolute Gasteiger partial charge is 0.184 e. The van der Waals surface area contributed by atoms with Crippen molar-refractivity contribution in [3.05, 3.63) is 70.0 Å². The molecule has 0 aliphatic carbocycles. The second kappa shape index (κ2) is 5.85. The van der Waals surface area contributed by atoms with E-state index in [1.165, 1.54) is 18.2 Å². The van der Waals surface area contributed by atoms with E-state index in [1.54, 1.807) is 31.2 Å². The van der Waals surface area contributed by atoms with Crippen molar-refractivity contribution in [2.45, 2.75) is 12.8 Å². The van der Waals surface area contributed by atoms with E-state index < -0.39 is 11.7 Å². The molecule has 1 atom stereocenters. The van der Waals surface area contributed by atoms with E-state index in [9.17, 15) is 14.4 Å². The van der Waals surface area contributed by atoms with Gasteiger partial charge >= 0.3 is 0 Å². The molecule has 1 unspecified atom stereocenters. The maximum atomic E-state index is 13.2. The van der Waals surface area contributed by atoms with E-state index in [0.29, 0.717) is 16.1 Å². The molecular formula is C16H11ClFNO. The molecule has 0 saturated heterocycles. The number of halogens is 2. The van der Waals surface area contributed by atoms with Crippen LogP contribution in [0.5, 0.6) is 0 Å². The van der Waals surface area contributed by atoms with Gasteiger partial charge in [0.15, 0.2) is 5.78 Å². The molecule has 4 heteroatoms. The highest BCUT2D eigenvalue weighted by Crippen LogP contribution is 2.24. The van der Waals surface area contributed by atoms with Crippen molar-refractivity contribution < 1.29 is 9.18 Å². The molecule has 0 aliphatic rings. The van der Waals surface area contributed by atoms with E-state index in [1.807, 2.05) is 6.07 Å². The molecule has 0 bridgehead atoms. The zero-order valence-electron chi connectivity index (χ0n) is 10.7. The van der Waals surface area contributed by atoms with Crippen LogP contribution in [0.3, 0.4) is 0 Å². The number of rotatable bonds is 3. The number of Topliss-reactive ketones (excluding diaryl/α,β-unsaturated/α-hetero) is 1. The van der Waals surface area contributed by atoms with Gasteiger partial charge in [-0.05, 0) is 48.4 Å². The lowest BCUT2D eigenvalue weighted by Gasteiger charge is -2.10. The first-order chi connectivity index (χ1) is 9.52. The van der Waals surface area contributed by atoms with Gasteiger partial charge in [0, 0.05) is 10.6 Å². The molecule has 2 aromatic rings. The molecule has 2 aromatic carbocycles. The van der Waals surface area contributed by atoms with Crippen LogP contribution in [-0.2, 0) is 0 Å². The summed E-state index contributed by atoms with van der Waals surface area (Å²) in [4.78, 5) is 12.4. The molecule has 0 fully saturated rings. The van der Waals surface area contributed by atoms with Crippen molar-refractivity contribution in [1.29, 1.82) is 5.26 Å². The summed E-state index contributed by atoms with van der Waals surface area (Å²) in [6.07, 6.45) is 0. The normalized spacial score (nSPS) is 11.7. The Balaban J connectivity index is 2.39. The zero-order chi connectivity index (χ0) is 14.7. The molecular weight excluding hydrogens is 277 g/mol. The number of benzene rings is 2. The summed E-state index contributed by atoms with van der Waals surface area (Å²) in [7, 11) is 0. The molecule has 0 radical (unpaired) electrons. The van der Waals surface area contributed by atoms with Crippen LogP contribution >= 0.6 is 11.6 Å². The Morgan fingerprint density at radius 2 is 2.05 bits per heavy atom. The van der Waals surface area contributed by atoms with Crippen LogP contribution in [0.1, 0.15) is 27.4 Å². The molecule has 2 nitrogen and oxygen atoms in total. The lowest BCUT2D eigenvalue weighted by Crippen LogP contribution is -2.11. The van der Waals surface area contributed by atoms with Crippen LogP contribution in [-0.4, -0.2) is 5.78 Å². The quantitative estimate of drug-likeness (QED) is 0.791. The lowest BCUT2D eigenvalue weighted by atomic mass is 9.91. The Labute approximate surface area is 121 Å². The van der Waals surface area contributed by atoms with Gasteiger partial charge in [-0.1, -0.05) is 23.7 Å². The molecule has 2 rings (SSSR count). The fraction of sp³-hybridized carbons (Fsp3) is 0.125. The minimum absolute atomic E-state index is 0.352. The van der Waals surface area contributed by atoms with Crippen molar-refractivity contribution in [3.63, 3.8) is 0 Å². The van der Waals surface area contributed by atoms with Gasteiger partial charge in [-0.15, -0.1) is 0 Å². The Bertz CT molecular complexity index is 706. The highest BCUT2D eigenvalue weighted by Gasteiger charge is 2.22. The van der Waals surface area contributed by atoms with Gasteiger partial charge in [-0.2, -0.15) is 5.26 Å². The molecule has 0 amide bonds. The Kier molecular flexibility index (Phi) is 4.16. The van der Waals surface area contributed by atoms with Crippen LogP contribution in [0, 0.1) is 24.1 Å². The molecule has 0 aliphatic heterocycles. The van der Waals surface area contributed by atoms with Gasteiger partial charge in [0.1, 0.15) is 11.7 Å². The number of carbonyl (C=O) groups excluding carboxylic acids is 1. The number of ketones is 1. The van der Waals surface area contributed by atoms with Crippen LogP contribution in [0.25, 0.3) is 0 Å². The standard InChI is InChI=1S/C16H11ClFNO/c1-10-7-12(5-6-15(10)17)16(20)14(9-19)11-3-2-4-13(18)8-11/h2-8,14H,1H3. The van der Waals surface area contributed by atoms with Crippen molar-refractivity contribution in [1.82, 2.24) is 0 Å². The maximum Gasteiger partial charge on any atom is 0.184 e. The van der Waals surface area contributed by atoms with E-state index in [4.69, 9.17) is 11.6 Å². The molecule has 0 spiro atoms. The van der Waals surface area contributed by atoms with Gasteiger partial charge in [0.05, 0.1) is 6.07 Å². The molecule has 0 saturated carbocycles. The second-order valence-electron chi connectivity index (χ2n) is 4.45. The topological polar surface area (TPSA) is 40.9 Å². The summed E-state index contributed by atoms with van der Waals surface area (Å²) in [6.45, 7) is 1.78. The number of nitrogens with zero attached hydrogens (tertiary/aromatic N) is 1. The number of aryl methyl sites for hydroxylation is 1. The predicted molar refractivity (Wildman–Crippen MR) is 75.3 cm³/mol. The number of hydrogen-bond acceptors (Lipinski definition) is 2.